The van der Waals surface area contributed by atoms with E-state index in [1.165, 1.54) is 31.6 Å². The summed E-state index contributed by atoms with van der Waals surface area (Å²) in [6, 6.07) is 14.8. The average molecular weight is 342 g/mol. The van der Waals surface area contributed by atoms with E-state index in [2.05, 4.69) is 61.1 Å². The number of aromatic nitrogens is 2. The lowest BCUT2D eigenvalue weighted by molar-refractivity contribution is 0.949. The largest absolute Gasteiger partial charge is 0.372 e. The molecule has 106 valence electrons. The summed E-state index contributed by atoms with van der Waals surface area (Å²) in [4.78, 5) is 10.5. The molecule has 1 aliphatic heterocycles. The number of hydrogen-bond donors (Lipinski definition) is 1. The number of hydrogen-bond acceptors (Lipinski definition) is 2. The molecule has 0 bridgehead atoms. The Morgan fingerprint density at radius 1 is 1.00 bits per heavy atom. The third-order valence-corrected chi connectivity index (χ3v) is 4.55. The molecule has 21 heavy (non-hydrogen) atoms. The number of fused-ring (bicyclic) bond motifs is 1. The first-order valence-electron chi connectivity index (χ1n) is 7.30. The van der Waals surface area contributed by atoms with Crippen LogP contribution in [0.5, 0.6) is 0 Å². The van der Waals surface area contributed by atoms with Crippen molar-refractivity contribution >= 4 is 32.7 Å². The molecule has 0 atom stereocenters. The smallest absolute Gasteiger partial charge is 0.138 e. The molecule has 0 saturated carbocycles. The van der Waals surface area contributed by atoms with E-state index >= 15 is 0 Å². The number of imidazole rings is 1. The lowest BCUT2D eigenvalue weighted by Crippen LogP contribution is -2.17. The molecule has 2 heterocycles. The number of H-pyrrole nitrogens is 1. The first-order chi connectivity index (χ1) is 10.3. The van der Waals surface area contributed by atoms with Gasteiger partial charge >= 0.3 is 0 Å². The summed E-state index contributed by atoms with van der Waals surface area (Å²) in [5, 5.41) is 0. The molecule has 1 aliphatic rings. The quantitative estimate of drug-likeness (QED) is 0.739. The summed E-state index contributed by atoms with van der Waals surface area (Å²) < 4.78 is 1.06. The Hall–Kier alpha value is -1.81. The van der Waals surface area contributed by atoms with Crippen molar-refractivity contribution in [2.45, 2.75) is 12.8 Å². The zero-order valence-corrected chi connectivity index (χ0v) is 13.2. The molecule has 4 rings (SSSR count). The monoisotopic (exact) mass is 341 g/mol. The fraction of sp³-hybridized carbons (Fsp3) is 0.235. The van der Waals surface area contributed by atoms with Crippen LogP contribution >= 0.6 is 15.9 Å². The molecule has 2 aromatic carbocycles. The van der Waals surface area contributed by atoms with Gasteiger partial charge in [-0.05, 0) is 55.3 Å². The van der Waals surface area contributed by atoms with Crippen LogP contribution in [0.15, 0.2) is 46.9 Å². The van der Waals surface area contributed by atoms with Gasteiger partial charge in [0.25, 0.3) is 0 Å². The van der Waals surface area contributed by atoms with Crippen LogP contribution in [0.4, 0.5) is 5.69 Å². The van der Waals surface area contributed by atoms with Gasteiger partial charge in [-0.25, -0.2) is 4.98 Å². The number of aromatic amines is 1. The average Bonchev–Trinajstić information content (AvgIpc) is 3.16. The maximum atomic E-state index is 4.66. The van der Waals surface area contributed by atoms with Crippen molar-refractivity contribution in [3.05, 3.63) is 46.9 Å². The van der Waals surface area contributed by atoms with Crippen LogP contribution in [0.2, 0.25) is 0 Å². The number of anilines is 1. The zero-order chi connectivity index (χ0) is 14.2. The number of rotatable bonds is 2. The highest BCUT2D eigenvalue weighted by atomic mass is 79.9. The van der Waals surface area contributed by atoms with Gasteiger partial charge < -0.3 is 9.88 Å². The standard InChI is InChI=1S/C17H16BrN3/c18-13-5-8-15-16(11-13)20-17(19-15)12-3-6-14(7-4-12)21-9-1-2-10-21/h3-8,11H,1-2,9-10H2,(H,19,20). The second-order valence-corrected chi connectivity index (χ2v) is 6.40. The molecule has 1 N–H and O–H groups in total. The third-order valence-electron chi connectivity index (χ3n) is 4.06. The van der Waals surface area contributed by atoms with Gasteiger partial charge in [-0.1, -0.05) is 15.9 Å². The van der Waals surface area contributed by atoms with E-state index in [1.807, 2.05) is 12.1 Å². The third kappa shape index (κ3) is 2.44. The molecule has 0 amide bonds. The topological polar surface area (TPSA) is 31.9 Å². The maximum absolute atomic E-state index is 4.66. The van der Waals surface area contributed by atoms with Gasteiger partial charge in [0.2, 0.25) is 0 Å². The molecule has 0 radical (unpaired) electrons. The number of halogens is 1. The van der Waals surface area contributed by atoms with Crippen molar-refractivity contribution in [2.24, 2.45) is 0 Å². The highest BCUT2D eigenvalue weighted by molar-refractivity contribution is 9.10. The molecule has 4 heteroatoms. The fourth-order valence-electron chi connectivity index (χ4n) is 2.92. The first kappa shape index (κ1) is 12.9. The Labute approximate surface area is 132 Å². The SMILES string of the molecule is Brc1ccc2nc(-c3ccc(N4CCCC4)cc3)[nH]c2c1. The summed E-state index contributed by atoms with van der Waals surface area (Å²) >= 11 is 3.49. The van der Waals surface area contributed by atoms with Crippen molar-refractivity contribution < 1.29 is 0 Å². The fourth-order valence-corrected chi connectivity index (χ4v) is 3.29. The van der Waals surface area contributed by atoms with Crippen molar-refractivity contribution in [1.29, 1.82) is 0 Å². The van der Waals surface area contributed by atoms with Crippen LogP contribution in [0.1, 0.15) is 12.8 Å². The second-order valence-electron chi connectivity index (χ2n) is 5.49. The van der Waals surface area contributed by atoms with Crippen molar-refractivity contribution in [1.82, 2.24) is 9.97 Å². The number of nitrogens with one attached hydrogen (secondary N) is 1. The summed E-state index contributed by atoms with van der Waals surface area (Å²) in [5.41, 5.74) is 4.50. The normalized spacial score (nSPS) is 15.0. The molecule has 0 spiro atoms. The van der Waals surface area contributed by atoms with Gasteiger partial charge in [0.15, 0.2) is 0 Å². The molecular formula is C17H16BrN3. The number of nitrogens with zero attached hydrogens (tertiary/aromatic N) is 2. The summed E-state index contributed by atoms with van der Waals surface area (Å²) in [6.07, 6.45) is 2.61. The molecule has 1 aromatic heterocycles. The van der Waals surface area contributed by atoms with E-state index in [-0.39, 0.29) is 0 Å². The van der Waals surface area contributed by atoms with Crippen LogP contribution in [-0.4, -0.2) is 23.1 Å². The van der Waals surface area contributed by atoms with E-state index in [9.17, 15) is 0 Å². The van der Waals surface area contributed by atoms with Crippen molar-refractivity contribution in [3.8, 4) is 11.4 Å². The predicted octanol–water partition coefficient (Wildman–Crippen LogP) is 4.59. The minimum absolute atomic E-state index is 0.927. The Kier molecular flexibility index (Phi) is 3.19. The Bertz CT molecular complexity index is 770. The van der Waals surface area contributed by atoms with Gasteiger partial charge in [0.1, 0.15) is 5.82 Å². The Morgan fingerprint density at radius 2 is 1.76 bits per heavy atom. The lowest BCUT2D eigenvalue weighted by Gasteiger charge is -2.17. The highest BCUT2D eigenvalue weighted by Crippen LogP contribution is 2.26. The van der Waals surface area contributed by atoms with E-state index in [0.29, 0.717) is 0 Å². The van der Waals surface area contributed by atoms with Gasteiger partial charge in [-0.2, -0.15) is 0 Å². The molecule has 1 fully saturated rings. The van der Waals surface area contributed by atoms with Crippen LogP contribution in [-0.2, 0) is 0 Å². The first-order valence-corrected chi connectivity index (χ1v) is 8.09. The summed E-state index contributed by atoms with van der Waals surface area (Å²) in [7, 11) is 0. The molecule has 0 aliphatic carbocycles. The Morgan fingerprint density at radius 3 is 2.52 bits per heavy atom. The van der Waals surface area contributed by atoms with Crippen LogP contribution in [0.3, 0.4) is 0 Å². The van der Waals surface area contributed by atoms with Crippen LogP contribution in [0, 0.1) is 0 Å². The molecule has 0 unspecified atom stereocenters. The van der Waals surface area contributed by atoms with E-state index in [1.54, 1.807) is 0 Å². The summed E-state index contributed by atoms with van der Waals surface area (Å²) in [6.45, 7) is 2.36. The Balaban J connectivity index is 1.67. The van der Waals surface area contributed by atoms with Crippen LogP contribution < -0.4 is 4.90 Å². The molecule has 3 aromatic rings. The molecule has 1 saturated heterocycles. The minimum Gasteiger partial charge on any atom is -0.372 e. The van der Waals surface area contributed by atoms with E-state index < -0.39 is 0 Å². The zero-order valence-electron chi connectivity index (χ0n) is 11.6. The van der Waals surface area contributed by atoms with Crippen molar-refractivity contribution in [2.75, 3.05) is 18.0 Å². The van der Waals surface area contributed by atoms with Gasteiger partial charge in [-0.15, -0.1) is 0 Å². The predicted molar refractivity (Wildman–Crippen MR) is 90.7 cm³/mol. The van der Waals surface area contributed by atoms with Crippen molar-refractivity contribution in [3.63, 3.8) is 0 Å². The van der Waals surface area contributed by atoms with E-state index in [0.717, 1.165) is 26.9 Å². The minimum atomic E-state index is 0.927. The lowest BCUT2D eigenvalue weighted by atomic mass is 10.2. The van der Waals surface area contributed by atoms with Gasteiger partial charge in [0.05, 0.1) is 11.0 Å². The molecule has 3 nitrogen and oxygen atoms in total. The highest BCUT2D eigenvalue weighted by Gasteiger charge is 2.12. The number of benzene rings is 2. The van der Waals surface area contributed by atoms with Crippen LogP contribution in [0.25, 0.3) is 22.4 Å². The maximum Gasteiger partial charge on any atom is 0.138 e. The van der Waals surface area contributed by atoms with E-state index in [4.69, 9.17) is 0 Å². The molecular weight excluding hydrogens is 326 g/mol. The van der Waals surface area contributed by atoms with Gasteiger partial charge in [-0.3, -0.25) is 0 Å². The van der Waals surface area contributed by atoms with Gasteiger partial charge in [0, 0.05) is 28.8 Å². The second kappa shape index (κ2) is 5.19. The summed E-state index contributed by atoms with van der Waals surface area (Å²) in [5.74, 6) is 0.927.